The summed E-state index contributed by atoms with van der Waals surface area (Å²) in [4.78, 5) is 14.2. The number of aryl methyl sites for hydroxylation is 1. The first-order valence-electron chi connectivity index (χ1n) is 5.39. The van der Waals surface area contributed by atoms with Crippen molar-refractivity contribution in [2.24, 2.45) is 0 Å². The number of hydrogen-bond acceptors (Lipinski definition) is 3. The smallest absolute Gasteiger partial charge is 0.247 e. The van der Waals surface area contributed by atoms with Crippen LogP contribution in [-0.2, 0) is 11.3 Å². The van der Waals surface area contributed by atoms with Gasteiger partial charge in [-0.2, -0.15) is 0 Å². The number of carbonyl (C=O) groups excluding carboxylic acids is 1. The largest absolute Gasteiger partial charge is 0.347 e. The summed E-state index contributed by atoms with van der Waals surface area (Å²) in [5.74, 6) is 0.0579. The van der Waals surface area contributed by atoms with Crippen molar-refractivity contribution in [3.05, 3.63) is 33.0 Å². The van der Waals surface area contributed by atoms with Crippen molar-refractivity contribution in [3.63, 3.8) is 0 Å². The molecular weight excluding hydrogens is 220 g/mol. The first kappa shape index (κ1) is 11.4. The van der Waals surface area contributed by atoms with E-state index < -0.39 is 0 Å². The van der Waals surface area contributed by atoms with Crippen molar-refractivity contribution in [2.45, 2.75) is 20.4 Å². The maximum atomic E-state index is 11.8. The van der Waals surface area contributed by atoms with E-state index in [0.717, 1.165) is 18.7 Å². The van der Waals surface area contributed by atoms with Crippen LogP contribution in [0.3, 0.4) is 0 Å². The van der Waals surface area contributed by atoms with E-state index in [9.17, 15) is 4.79 Å². The minimum absolute atomic E-state index is 0.0579. The standard InChI is InChI=1S/C12H16N2OS/c1-8-3-4-11(16-8)7-14-12(15)9(2)10-5-13-6-10/h3-4,13H,5-7H2,1-2H3,(H,14,15). The molecule has 0 unspecified atom stereocenters. The maximum absolute atomic E-state index is 11.8. The summed E-state index contributed by atoms with van der Waals surface area (Å²) in [5.41, 5.74) is 2.09. The molecule has 0 aliphatic carbocycles. The van der Waals surface area contributed by atoms with Gasteiger partial charge in [0, 0.05) is 28.4 Å². The Morgan fingerprint density at radius 3 is 2.75 bits per heavy atom. The Morgan fingerprint density at radius 1 is 1.50 bits per heavy atom. The van der Waals surface area contributed by atoms with E-state index in [1.807, 2.05) is 6.92 Å². The summed E-state index contributed by atoms with van der Waals surface area (Å²) in [7, 11) is 0. The molecule has 86 valence electrons. The molecule has 1 aliphatic heterocycles. The van der Waals surface area contributed by atoms with Crippen molar-refractivity contribution in [2.75, 3.05) is 13.1 Å². The van der Waals surface area contributed by atoms with Crippen LogP contribution in [0, 0.1) is 6.92 Å². The molecule has 2 rings (SSSR count). The zero-order valence-corrected chi connectivity index (χ0v) is 10.4. The van der Waals surface area contributed by atoms with E-state index in [0.29, 0.717) is 6.54 Å². The third kappa shape index (κ3) is 2.51. The molecule has 0 atom stereocenters. The average Bonchev–Trinajstić information content (AvgIpc) is 2.58. The van der Waals surface area contributed by atoms with E-state index in [-0.39, 0.29) is 5.91 Å². The number of thiophene rings is 1. The minimum atomic E-state index is 0.0579. The molecule has 2 N–H and O–H groups in total. The monoisotopic (exact) mass is 236 g/mol. The Labute approximate surface area is 99.6 Å². The molecule has 0 bridgehead atoms. The normalized spacial score (nSPS) is 14.5. The lowest BCUT2D eigenvalue weighted by Crippen LogP contribution is -2.37. The zero-order chi connectivity index (χ0) is 11.5. The zero-order valence-electron chi connectivity index (χ0n) is 9.59. The molecule has 1 aliphatic rings. The van der Waals surface area contributed by atoms with E-state index in [2.05, 4.69) is 29.7 Å². The molecule has 0 aromatic carbocycles. The van der Waals surface area contributed by atoms with Crippen LogP contribution in [0.4, 0.5) is 0 Å². The molecule has 1 saturated heterocycles. The van der Waals surface area contributed by atoms with Crippen LogP contribution in [0.5, 0.6) is 0 Å². The van der Waals surface area contributed by atoms with Crippen molar-refractivity contribution in [1.82, 2.24) is 10.6 Å². The van der Waals surface area contributed by atoms with Crippen LogP contribution in [0.15, 0.2) is 23.3 Å². The number of nitrogens with one attached hydrogen (secondary N) is 2. The van der Waals surface area contributed by atoms with Crippen LogP contribution in [-0.4, -0.2) is 19.0 Å². The fourth-order valence-corrected chi connectivity index (χ4v) is 2.39. The second-order valence-electron chi connectivity index (χ2n) is 4.03. The first-order chi connectivity index (χ1) is 7.66. The molecular formula is C12H16N2OS. The van der Waals surface area contributed by atoms with E-state index >= 15 is 0 Å². The molecule has 0 spiro atoms. The Balaban J connectivity index is 1.88. The van der Waals surface area contributed by atoms with Crippen molar-refractivity contribution in [3.8, 4) is 0 Å². The van der Waals surface area contributed by atoms with Gasteiger partial charge >= 0.3 is 0 Å². The molecule has 1 amide bonds. The SMILES string of the molecule is CC(C(=O)NCc1ccc(C)s1)=C1CNC1. The quantitative estimate of drug-likeness (QED) is 0.783. The van der Waals surface area contributed by atoms with Crippen LogP contribution >= 0.6 is 11.3 Å². The van der Waals surface area contributed by atoms with E-state index in [1.54, 1.807) is 11.3 Å². The molecule has 2 heterocycles. The molecule has 1 aromatic rings. The molecule has 4 heteroatoms. The van der Waals surface area contributed by atoms with Crippen molar-refractivity contribution in [1.29, 1.82) is 0 Å². The van der Waals surface area contributed by atoms with Gasteiger partial charge in [0.15, 0.2) is 0 Å². The Hall–Kier alpha value is -1.13. The van der Waals surface area contributed by atoms with Gasteiger partial charge < -0.3 is 10.6 Å². The summed E-state index contributed by atoms with van der Waals surface area (Å²) in [6.07, 6.45) is 0. The number of rotatable bonds is 3. The molecule has 3 nitrogen and oxygen atoms in total. The average molecular weight is 236 g/mol. The highest BCUT2D eigenvalue weighted by Gasteiger charge is 2.15. The van der Waals surface area contributed by atoms with Gasteiger partial charge in [-0.25, -0.2) is 0 Å². The summed E-state index contributed by atoms with van der Waals surface area (Å²) >= 11 is 1.73. The summed E-state index contributed by atoms with van der Waals surface area (Å²) in [5, 5.41) is 6.09. The fraction of sp³-hybridized carbons (Fsp3) is 0.417. The Morgan fingerprint density at radius 2 is 2.25 bits per heavy atom. The predicted molar refractivity (Wildman–Crippen MR) is 66.5 cm³/mol. The van der Waals surface area contributed by atoms with Gasteiger partial charge in [0.25, 0.3) is 0 Å². The topological polar surface area (TPSA) is 41.1 Å². The lowest BCUT2D eigenvalue weighted by molar-refractivity contribution is -0.117. The van der Waals surface area contributed by atoms with Crippen LogP contribution in [0.1, 0.15) is 16.7 Å². The lowest BCUT2D eigenvalue weighted by Gasteiger charge is -2.21. The summed E-state index contributed by atoms with van der Waals surface area (Å²) < 4.78 is 0. The molecule has 0 saturated carbocycles. The second kappa shape index (κ2) is 4.80. The molecule has 1 fully saturated rings. The van der Waals surface area contributed by atoms with Crippen molar-refractivity contribution >= 4 is 17.2 Å². The maximum Gasteiger partial charge on any atom is 0.247 e. The Kier molecular flexibility index (Phi) is 3.41. The molecule has 16 heavy (non-hydrogen) atoms. The minimum Gasteiger partial charge on any atom is -0.347 e. The van der Waals surface area contributed by atoms with E-state index in [1.165, 1.54) is 15.3 Å². The van der Waals surface area contributed by atoms with Gasteiger partial charge in [-0.15, -0.1) is 11.3 Å². The molecule has 0 radical (unpaired) electrons. The van der Waals surface area contributed by atoms with Gasteiger partial charge in [-0.3, -0.25) is 4.79 Å². The summed E-state index contributed by atoms with van der Waals surface area (Å²) in [6, 6.07) is 4.14. The third-order valence-corrected chi connectivity index (χ3v) is 3.77. The second-order valence-corrected chi connectivity index (χ2v) is 5.40. The van der Waals surface area contributed by atoms with Crippen molar-refractivity contribution < 1.29 is 4.79 Å². The lowest BCUT2D eigenvalue weighted by atomic mass is 10.0. The van der Waals surface area contributed by atoms with Gasteiger partial charge in [0.1, 0.15) is 0 Å². The fourth-order valence-electron chi connectivity index (χ4n) is 1.56. The van der Waals surface area contributed by atoms with Crippen LogP contribution in [0.2, 0.25) is 0 Å². The summed E-state index contributed by atoms with van der Waals surface area (Å²) in [6.45, 7) is 6.32. The predicted octanol–water partition coefficient (Wildman–Crippen LogP) is 1.59. The van der Waals surface area contributed by atoms with Gasteiger partial charge in [-0.1, -0.05) is 0 Å². The van der Waals surface area contributed by atoms with Crippen LogP contribution in [0.25, 0.3) is 0 Å². The highest BCUT2D eigenvalue weighted by Crippen LogP contribution is 2.15. The number of hydrogen-bond donors (Lipinski definition) is 2. The van der Waals surface area contributed by atoms with Gasteiger partial charge in [0.05, 0.1) is 6.54 Å². The molecule has 1 aromatic heterocycles. The first-order valence-corrected chi connectivity index (χ1v) is 6.21. The van der Waals surface area contributed by atoms with Gasteiger partial charge in [0.2, 0.25) is 5.91 Å². The van der Waals surface area contributed by atoms with E-state index in [4.69, 9.17) is 0 Å². The van der Waals surface area contributed by atoms with Gasteiger partial charge in [-0.05, 0) is 31.6 Å². The van der Waals surface area contributed by atoms with Crippen LogP contribution < -0.4 is 10.6 Å². The Bertz CT molecular complexity index is 428. The number of carbonyl (C=O) groups is 1. The highest BCUT2D eigenvalue weighted by atomic mass is 32.1. The third-order valence-electron chi connectivity index (χ3n) is 2.77. The number of amides is 1. The highest BCUT2D eigenvalue weighted by molar-refractivity contribution is 7.11.